The zero-order chi connectivity index (χ0) is 12.9. The summed E-state index contributed by atoms with van der Waals surface area (Å²) in [7, 11) is 1.41. The number of ether oxygens (including phenoxy) is 1. The van der Waals surface area contributed by atoms with E-state index in [1.807, 2.05) is 37.8 Å². The van der Waals surface area contributed by atoms with Crippen molar-refractivity contribution in [1.29, 1.82) is 0 Å². The zero-order valence-electron chi connectivity index (χ0n) is 11.0. The molecule has 1 aromatic heterocycles. The van der Waals surface area contributed by atoms with Gasteiger partial charge in [0.2, 0.25) is 0 Å². The third-order valence-electron chi connectivity index (χ3n) is 2.58. The first kappa shape index (κ1) is 13.7. The van der Waals surface area contributed by atoms with E-state index in [4.69, 9.17) is 4.74 Å². The number of nitrogens with one attached hydrogen (secondary N) is 1. The lowest BCUT2D eigenvalue weighted by Crippen LogP contribution is -2.38. The number of carbonyl (C=O) groups is 1. The molecule has 0 saturated heterocycles. The van der Waals surface area contributed by atoms with Crippen molar-refractivity contribution in [3.05, 3.63) is 18.0 Å². The molecule has 1 rings (SSSR count). The quantitative estimate of drug-likeness (QED) is 0.594. The molecule has 1 heterocycles. The molecule has 0 aliphatic carbocycles. The van der Waals surface area contributed by atoms with Crippen molar-refractivity contribution < 1.29 is 9.53 Å². The van der Waals surface area contributed by atoms with E-state index in [1.165, 1.54) is 7.11 Å². The van der Waals surface area contributed by atoms with Crippen molar-refractivity contribution in [3.63, 3.8) is 0 Å². The number of esters is 1. The maximum Gasteiger partial charge on any atom is 0.312 e. The summed E-state index contributed by atoms with van der Waals surface area (Å²) in [5.74, 6) is -0.195. The molecule has 1 aromatic rings. The van der Waals surface area contributed by atoms with Gasteiger partial charge >= 0.3 is 5.97 Å². The molecule has 0 aliphatic heterocycles. The molecule has 5 heteroatoms. The average Bonchev–Trinajstić information content (AvgIpc) is 2.69. The fourth-order valence-corrected chi connectivity index (χ4v) is 1.53. The predicted octanol–water partition coefficient (Wildman–Crippen LogP) is 0.980. The van der Waals surface area contributed by atoms with Gasteiger partial charge in [-0.3, -0.25) is 9.48 Å². The first-order valence-electron chi connectivity index (χ1n) is 5.74. The molecule has 0 unspecified atom stereocenters. The number of rotatable bonds is 6. The van der Waals surface area contributed by atoms with E-state index >= 15 is 0 Å². The summed E-state index contributed by atoms with van der Waals surface area (Å²) in [6.45, 7) is 7.91. The highest BCUT2D eigenvalue weighted by Crippen LogP contribution is 2.14. The Hall–Kier alpha value is -1.36. The molecular formula is C12H21N3O2. The van der Waals surface area contributed by atoms with Crippen LogP contribution < -0.4 is 5.32 Å². The lowest BCUT2D eigenvalue weighted by atomic mass is 9.94. The summed E-state index contributed by atoms with van der Waals surface area (Å²) in [6.07, 6.45) is 3.82. The second-order valence-electron chi connectivity index (χ2n) is 4.83. The van der Waals surface area contributed by atoms with Crippen molar-refractivity contribution in [1.82, 2.24) is 15.1 Å². The zero-order valence-corrected chi connectivity index (χ0v) is 11.0. The molecule has 0 saturated carbocycles. The van der Waals surface area contributed by atoms with Crippen LogP contribution in [0.25, 0.3) is 0 Å². The predicted molar refractivity (Wildman–Crippen MR) is 65.6 cm³/mol. The van der Waals surface area contributed by atoms with Crippen LogP contribution in [0.3, 0.4) is 0 Å². The summed E-state index contributed by atoms with van der Waals surface area (Å²) in [5, 5.41) is 7.42. The molecule has 0 fully saturated rings. The second kappa shape index (κ2) is 5.82. The molecule has 0 amide bonds. The monoisotopic (exact) mass is 239 g/mol. The molecule has 5 nitrogen and oxygen atoms in total. The first-order chi connectivity index (χ1) is 7.95. The minimum atomic E-state index is -0.491. The number of carbonyl (C=O) groups excluding carboxylic acids is 1. The Labute approximate surface area is 102 Å². The first-order valence-corrected chi connectivity index (χ1v) is 5.74. The van der Waals surface area contributed by atoms with Crippen LogP contribution in [0.15, 0.2) is 12.4 Å². The van der Waals surface area contributed by atoms with Gasteiger partial charge < -0.3 is 10.1 Å². The molecule has 0 radical (unpaired) electrons. The topological polar surface area (TPSA) is 56.1 Å². The fraction of sp³-hybridized carbons (Fsp3) is 0.667. The number of hydrogen-bond acceptors (Lipinski definition) is 4. The maximum atomic E-state index is 11.4. The summed E-state index contributed by atoms with van der Waals surface area (Å²) in [4.78, 5) is 11.4. The van der Waals surface area contributed by atoms with Crippen LogP contribution in [-0.2, 0) is 16.1 Å². The van der Waals surface area contributed by atoms with Crippen LogP contribution in [0.4, 0.5) is 0 Å². The largest absolute Gasteiger partial charge is 0.469 e. The third-order valence-corrected chi connectivity index (χ3v) is 2.58. The molecular weight excluding hydrogens is 218 g/mol. The Morgan fingerprint density at radius 3 is 2.82 bits per heavy atom. The minimum absolute atomic E-state index is 0.195. The number of hydrogen-bond donors (Lipinski definition) is 1. The van der Waals surface area contributed by atoms with E-state index < -0.39 is 5.41 Å². The van der Waals surface area contributed by atoms with Gasteiger partial charge in [-0.25, -0.2) is 0 Å². The normalized spacial score (nSPS) is 11.5. The average molecular weight is 239 g/mol. The van der Waals surface area contributed by atoms with Crippen molar-refractivity contribution in [2.45, 2.75) is 27.3 Å². The van der Waals surface area contributed by atoms with Gasteiger partial charge in [0.15, 0.2) is 0 Å². The molecule has 17 heavy (non-hydrogen) atoms. The lowest BCUT2D eigenvalue weighted by molar-refractivity contribution is -0.150. The maximum absolute atomic E-state index is 11.4. The Morgan fingerprint density at radius 2 is 2.29 bits per heavy atom. The number of aromatic nitrogens is 2. The van der Waals surface area contributed by atoms with Crippen LogP contribution >= 0.6 is 0 Å². The van der Waals surface area contributed by atoms with Crippen LogP contribution in [-0.4, -0.2) is 35.9 Å². The number of methoxy groups -OCH3 is 1. The van der Waals surface area contributed by atoms with Gasteiger partial charge in [0.05, 0.1) is 25.3 Å². The van der Waals surface area contributed by atoms with Gasteiger partial charge in [-0.1, -0.05) is 0 Å². The lowest BCUT2D eigenvalue weighted by Gasteiger charge is -2.21. The van der Waals surface area contributed by atoms with Crippen LogP contribution in [0.5, 0.6) is 0 Å². The van der Waals surface area contributed by atoms with Gasteiger partial charge in [0.1, 0.15) is 0 Å². The van der Waals surface area contributed by atoms with Crippen LogP contribution in [0, 0.1) is 12.3 Å². The Morgan fingerprint density at radius 1 is 1.59 bits per heavy atom. The van der Waals surface area contributed by atoms with Gasteiger partial charge in [0, 0.05) is 19.3 Å². The molecule has 0 aliphatic rings. The minimum Gasteiger partial charge on any atom is -0.469 e. The van der Waals surface area contributed by atoms with E-state index in [0.29, 0.717) is 6.54 Å². The Kier molecular flexibility index (Phi) is 4.69. The van der Waals surface area contributed by atoms with Gasteiger partial charge in [-0.2, -0.15) is 5.10 Å². The molecule has 0 aromatic carbocycles. The van der Waals surface area contributed by atoms with E-state index in [9.17, 15) is 4.79 Å². The van der Waals surface area contributed by atoms with Crippen molar-refractivity contribution in [3.8, 4) is 0 Å². The van der Waals surface area contributed by atoms with E-state index in [0.717, 1.165) is 18.7 Å². The third kappa shape index (κ3) is 4.19. The van der Waals surface area contributed by atoms with E-state index in [1.54, 1.807) is 0 Å². The van der Waals surface area contributed by atoms with Crippen molar-refractivity contribution in [2.75, 3.05) is 20.2 Å². The smallest absolute Gasteiger partial charge is 0.312 e. The standard InChI is InChI=1S/C12H21N3O2/c1-10-7-14-15(8-10)6-5-13-9-12(2,3)11(16)17-4/h7-8,13H,5-6,9H2,1-4H3. The van der Waals surface area contributed by atoms with Gasteiger partial charge in [-0.05, 0) is 26.3 Å². The van der Waals surface area contributed by atoms with Gasteiger partial charge in [-0.15, -0.1) is 0 Å². The van der Waals surface area contributed by atoms with Crippen molar-refractivity contribution >= 4 is 5.97 Å². The highest BCUT2D eigenvalue weighted by atomic mass is 16.5. The summed E-state index contributed by atoms with van der Waals surface area (Å²) in [5.41, 5.74) is 0.661. The van der Waals surface area contributed by atoms with E-state index in [-0.39, 0.29) is 5.97 Å². The SMILES string of the molecule is COC(=O)C(C)(C)CNCCn1cc(C)cn1. The second-order valence-corrected chi connectivity index (χ2v) is 4.83. The molecule has 1 N–H and O–H groups in total. The molecule has 0 atom stereocenters. The summed E-state index contributed by atoms with van der Waals surface area (Å²) in [6, 6.07) is 0. The van der Waals surface area contributed by atoms with Crippen LogP contribution in [0.1, 0.15) is 19.4 Å². The summed E-state index contributed by atoms with van der Waals surface area (Å²) < 4.78 is 6.62. The highest BCUT2D eigenvalue weighted by Gasteiger charge is 2.27. The Balaban J connectivity index is 2.26. The highest BCUT2D eigenvalue weighted by molar-refractivity contribution is 5.76. The van der Waals surface area contributed by atoms with Gasteiger partial charge in [0.25, 0.3) is 0 Å². The van der Waals surface area contributed by atoms with E-state index in [2.05, 4.69) is 10.4 Å². The van der Waals surface area contributed by atoms with Crippen molar-refractivity contribution in [2.24, 2.45) is 5.41 Å². The van der Waals surface area contributed by atoms with Crippen LogP contribution in [0.2, 0.25) is 0 Å². The molecule has 96 valence electrons. The molecule has 0 bridgehead atoms. The summed E-state index contributed by atoms with van der Waals surface area (Å²) >= 11 is 0. The number of nitrogens with zero attached hydrogens (tertiary/aromatic N) is 2. The molecule has 0 spiro atoms. The fourth-order valence-electron chi connectivity index (χ4n) is 1.53. The Bertz CT molecular complexity index is 372. The number of aryl methyl sites for hydroxylation is 1.